The summed E-state index contributed by atoms with van der Waals surface area (Å²) in [6, 6.07) is 0.611. The predicted octanol–water partition coefficient (Wildman–Crippen LogP) is 2.58. The second kappa shape index (κ2) is 6.41. The molecule has 1 saturated carbocycles. The fourth-order valence-electron chi connectivity index (χ4n) is 2.06. The number of nitrogens with one attached hydrogen (secondary N) is 1. The first kappa shape index (κ1) is 12.0. The summed E-state index contributed by atoms with van der Waals surface area (Å²) >= 11 is 0. The molecule has 2 nitrogen and oxygen atoms in total. The third kappa shape index (κ3) is 3.58. The molecule has 1 aliphatic carbocycles. The summed E-state index contributed by atoms with van der Waals surface area (Å²) in [6.45, 7) is 8.51. The Balaban J connectivity index is 2.37. The Hall–Kier alpha value is -0.0800. The van der Waals surface area contributed by atoms with Crippen molar-refractivity contribution < 1.29 is 4.74 Å². The van der Waals surface area contributed by atoms with E-state index in [1.807, 2.05) is 0 Å². The summed E-state index contributed by atoms with van der Waals surface area (Å²) in [5, 5.41) is 3.64. The van der Waals surface area contributed by atoms with Gasteiger partial charge >= 0.3 is 0 Å². The molecule has 1 rings (SSSR count). The SMILES string of the molecule is CCCNC(C1CC1)C(CC)OCC. The maximum Gasteiger partial charge on any atom is 0.0727 e. The molecule has 0 aromatic carbocycles. The van der Waals surface area contributed by atoms with E-state index in [2.05, 4.69) is 26.1 Å². The normalized spacial score (nSPS) is 20.8. The maximum absolute atomic E-state index is 5.79. The Bertz CT molecular complexity index is 145. The van der Waals surface area contributed by atoms with Gasteiger partial charge in [-0.05, 0) is 45.1 Å². The van der Waals surface area contributed by atoms with Gasteiger partial charge in [0.15, 0.2) is 0 Å². The molecule has 2 heteroatoms. The van der Waals surface area contributed by atoms with E-state index in [9.17, 15) is 0 Å². The molecule has 0 saturated heterocycles. The highest BCUT2D eigenvalue weighted by Gasteiger charge is 2.35. The van der Waals surface area contributed by atoms with Crippen LogP contribution in [0.15, 0.2) is 0 Å². The Morgan fingerprint density at radius 3 is 2.43 bits per heavy atom. The van der Waals surface area contributed by atoms with Gasteiger partial charge in [0.25, 0.3) is 0 Å². The van der Waals surface area contributed by atoms with E-state index < -0.39 is 0 Å². The van der Waals surface area contributed by atoms with Crippen LogP contribution in [0.3, 0.4) is 0 Å². The highest BCUT2D eigenvalue weighted by Crippen LogP contribution is 2.35. The summed E-state index contributed by atoms with van der Waals surface area (Å²) in [6.07, 6.45) is 5.56. The molecule has 1 fully saturated rings. The molecule has 2 unspecified atom stereocenters. The Labute approximate surface area is 88.4 Å². The fourth-order valence-corrected chi connectivity index (χ4v) is 2.06. The summed E-state index contributed by atoms with van der Waals surface area (Å²) in [5.74, 6) is 0.887. The molecule has 0 aliphatic heterocycles. The van der Waals surface area contributed by atoms with E-state index in [0.717, 1.165) is 25.5 Å². The van der Waals surface area contributed by atoms with Crippen LogP contribution in [0.5, 0.6) is 0 Å². The van der Waals surface area contributed by atoms with Crippen LogP contribution in [0.1, 0.15) is 46.5 Å². The van der Waals surface area contributed by atoms with Crippen LogP contribution in [0.2, 0.25) is 0 Å². The van der Waals surface area contributed by atoms with Crippen LogP contribution < -0.4 is 5.32 Å². The molecule has 84 valence electrons. The molecule has 1 N–H and O–H groups in total. The molecule has 0 aromatic heterocycles. The largest absolute Gasteiger partial charge is 0.377 e. The average Bonchev–Trinajstić information content (AvgIpc) is 3.00. The lowest BCUT2D eigenvalue weighted by atomic mass is 10.0. The molecule has 0 aromatic rings. The van der Waals surface area contributed by atoms with E-state index in [1.54, 1.807) is 0 Å². The smallest absolute Gasteiger partial charge is 0.0727 e. The van der Waals surface area contributed by atoms with Gasteiger partial charge in [0.05, 0.1) is 6.10 Å². The second-order valence-corrected chi connectivity index (χ2v) is 4.22. The molecule has 0 spiro atoms. The first-order valence-corrected chi connectivity index (χ1v) is 6.18. The zero-order valence-electron chi connectivity index (χ0n) is 9.88. The van der Waals surface area contributed by atoms with E-state index in [1.165, 1.54) is 19.3 Å². The maximum atomic E-state index is 5.79. The van der Waals surface area contributed by atoms with Gasteiger partial charge in [-0.25, -0.2) is 0 Å². The van der Waals surface area contributed by atoms with Crippen molar-refractivity contribution in [1.82, 2.24) is 5.32 Å². The molecular formula is C12H25NO. The van der Waals surface area contributed by atoms with Crippen LogP contribution in [0.25, 0.3) is 0 Å². The summed E-state index contributed by atoms with van der Waals surface area (Å²) < 4.78 is 5.79. The zero-order chi connectivity index (χ0) is 10.4. The highest BCUT2D eigenvalue weighted by atomic mass is 16.5. The molecule has 2 atom stereocenters. The second-order valence-electron chi connectivity index (χ2n) is 4.22. The van der Waals surface area contributed by atoms with Gasteiger partial charge in [-0.3, -0.25) is 0 Å². The van der Waals surface area contributed by atoms with Gasteiger partial charge in [-0.2, -0.15) is 0 Å². The monoisotopic (exact) mass is 199 g/mol. The van der Waals surface area contributed by atoms with Crippen molar-refractivity contribution >= 4 is 0 Å². The van der Waals surface area contributed by atoms with Gasteiger partial charge < -0.3 is 10.1 Å². The van der Waals surface area contributed by atoms with Crippen LogP contribution >= 0.6 is 0 Å². The van der Waals surface area contributed by atoms with E-state index >= 15 is 0 Å². The van der Waals surface area contributed by atoms with Crippen molar-refractivity contribution in [3.05, 3.63) is 0 Å². The van der Waals surface area contributed by atoms with Gasteiger partial charge in [0.1, 0.15) is 0 Å². The van der Waals surface area contributed by atoms with Gasteiger partial charge in [-0.1, -0.05) is 13.8 Å². The lowest BCUT2D eigenvalue weighted by molar-refractivity contribution is 0.0260. The van der Waals surface area contributed by atoms with Crippen molar-refractivity contribution in [1.29, 1.82) is 0 Å². The van der Waals surface area contributed by atoms with E-state index in [0.29, 0.717) is 12.1 Å². The van der Waals surface area contributed by atoms with Gasteiger partial charge in [0, 0.05) is 12.6 Å². The minimum absolute atomic E-state index is 0.430. The molecule has 0 bridgehead atoms. The quantitative estimate of drug-likeness (QED) is 0.649. The fraction of sp³-hybridized carbons (Fsp3) is 1.00. The summed E-state index contributed by atoms with van der Waals surface area (Å²) in [4.78, 5) is 0. The number of ether oxygens (including phenoxy) is 1. The molecule has 1 aliphatic rings. The molecule has 0 heterocycles. The third-order valence-electron chi connectivity index (χ3n) is 2.94. The first-order chi connectivity index (χ1) is 6.83. The number of rotatable bonds is 8. The van der Waals surface area contributed by atoms with Crippen molar-refractivity contribution in [3.63, 3.8) is 0 Å². The lowest BCUT2D eigenvalue weighted by Crippen LogP contribution is -2.43. The topological polar surface area (TPSA) is 21.3 Å². The lowest BCUT2D eigenvalue weighted by Gasteiger charge is -2.27. The Kier molecular flexibility index (Phi) is 5.49. The van der Waals surface area contributed by atoms with Crippen molar-refractivity contribution in [3.8, 4) is 0 Å². The van der Waals surface area contributed by atoms with Crippen molar-refractivity contribution in [2.24, 2.45) is 5.92 Å². The summed E-state index contributed by atoms with van der Waals surface area (Å²) in [5.41, 5.74) is 0. The molecular weight excluding hydrogens is 174 g/mol. The van der Waals surface area contributed by atoms with Crippen LogP contribution in [-0.4, -0.2) is 25.3 Å². The minimum atomic E-state index is 0.430. The van der Waals surface area contributed by atoms with Crippen LogP contribution in [-0.2, 0) is 4.74 Å². The number of hydrogen-bond donors (Lipinski definition) is 1. The zero-order valence-corrected chi connectivity index (χ0v) is 9.88. The van der Waals surface area contributed by atoms with Gasteiger partial charge in [0.2, 0.25) is 0 Å². The minimum Gasteiger partial charge on any atom is -0.377 e. The van der Waals surface area contributed by atoms with Gasteiger partial charge in [-0.15, -0.1) is 0 Å². The predicted molar refractivity (Wildman–Crippen MR) is 60.5 cm³/mol. The Morgan fingerprint density at radius 2 is 2.00 bits per heavy atom. The van der Waals surface area contributed by atoms with Crippen LogP contribution in [0, 0.1) is 5.92 Å². The third-order valence-corrected chi connectivity index (χ3v) is 2.94. The number of hydrogen-bond acceptors (Lipinski definition) is 2. The van der Waals surface area contributed by atoms with Crippen molar-refractivity contribution in [2.75, 3.05) is 13.2 Å². The van der Waals surface area contributed by atoms with E-state index in [4.69, 9.17) is 4.74 Å². The van der Waals surface area contributed by atoms with Crippen LogP contribution in [0.4, 0.5) is 0 Å². The van der Waals surface area contributed by atoms with Crippen molar-refractivity contribution in [2.45, 2.75) is 58.6 Å². The molecule has 0 amide bonds. The standard InChI is InChI=1S/C12H25NO/c1-4-9-13-12(10-7-8-10)11(5-2)14-6-3/h10-13H,4-9H2,1-3H3. The highest BCUT2D eigenvalue weighted by molar-refractivity contribution is 4.91. The average molecular weight is 199 g/mol. The molecule has 14 heavy (non-hydrogen) atoms. The Morgan fingerprint density at radius 1 is 1.29 bits per heavy atom. The first-order valence-electron chi connectivity index (χ1n) is 6.18. The summed E-state index contributed by atoms with van der Waals surface area (Å²) in [7, 11) is 0. The molecule has 0 radical (unpaired) electrons. The van der Waals surface area contributed by atoms with E-state index in [-0.39, 0.29) is 0 Å².